The van der Waals surface area contributed by atoms with E-state index in [9.17, 15) is 9.90 Å². The first-order valence-corrected chi connectivity index (χ1v) is 8.66. The number of aromatic nitrogens is 2. The van der Waals surface area contributed by atoms with Crippen LogP contribution >= 0.6 is 23.1 Å². The van der Waals surface area contributed by atoms with Crippen molar-refractivity contribution in [1.29, 1.82) is 0 Å². The summed E-state index contributed by atoms with van der Waals surface area (Å²) in [6.45, 7) is 5.55. The predicted octanol–water partition coefficient (Wildman–Crippen LogP) is 4.54. The highest BCUT2D eigenvalue weighted by molar-refractivity contribution is 7.99. The first-order chi connectivity index (χ1) is 10.1. The summed E-state index contributed by atoms with van der Waals surface area (Å²) in [5.74, 6) is 0.0943. The zero-order valence-electron chi connectivity index (χ0n) is 12.0. The van der Waals surface area contributed by atoms with Crippen LogP contribution in [-0.2, 0) is 0 Å². The van der Waals surface area contributed by atoms with E-state index < -0.39 is 5.97 Å². The van der Waals surface area contributed by atoms with E-state index in [-0.39, 0.29) is 0 Å². The van der Waals surface area contributed by atoms with Gasteiger partial charge in [0.2, 0.25) is 0 Å². The standard InChI is InChI=1S/C15H18N2O2S2/c1-3-4-5-6-7-8-20-13-11-10(2)12(15(18)19)21-14(11)17-9-16-13/h3,9H,1,4-8H2,2H3,(H,18,19). The third kappa shape index (κ3) is 3.83. The highest BCUT2D eigenvalue weighted by Crippen LogP contribution is 2.35. The van der Waals surface area contributed by atoms with Crippen molar-refractivity contribution in [2.45, 2.75) is 37.6 Å². The number of aryl methyl sites for hydroxylation is 1. The molecule has 4 nitrogen and oxygen atoms in total. The van der Waals surface area contributed by atoms with Gasteiger partial charge in [0.25, 0.3) is 0 Å². The number of aromatic carboxylic acids is 1. The topological polar surface area (TPSA) is 63.1 Å². The average molecular weight is 322 g/mol. The summed E-state index contributed by atoms with van der Waals surface area (Å²) in [5.41, 5.74) is 0.775. The zero-order valence-corrected chi connectivity index (χ0v) is 13.6. The smallest absolute Gasteiger partial charge is 0.346 e. The van der Waals surface area contributed by atoms with E-state index in [1.165, 1.54) is 30.5 Å². The van der Waals surface area contributed by atoms with E-state index in [2.05, 4.69) is 16.5 Å². The summed E-state index contributed by atoms with van der Waals surface area (Å²) in [6, 6.07) is 0. The minimum atomic E-state index is -0.893. The molecule has 0 unspecified atom stereocenters. The minimum absolute atomic E-state index is 0.360. The van der Waals surface area contributed by atoms with Gasteiger partial charge in [-0.1, -0.05) is 12.5 Å². The lowest BCUT2D eigenvalue weighted by molar-refractivity contribution is 0.0701. The number of rotatable bonds is 8. The molecule has 1 N–H and O–H groups in total. The molecule has 6 heteroatoms. The van der Waals surface area contributed by atoms with Crippen LogP contribution in [0.1, 0.15) is 40.9 Å². The van der Waals surface area contributed by atoms with Crippen LogP contribution in [0.25, 0.3) is 10.2 Å². The van der Waals surface area contributed by atoms with Gasteiger partial charge in [0.1, 0.15) is 21.1 Å². The molecule has 0 saturated carbocycles. The fraction of sp³-hybridized carbons (Fsp3) is 0.400. The van der Waals surface area contributed by atoms with E-state index in [0.29, 0.717) is 4.88 Å². The molecule has 0 atom stereocenters. The lowest BCUT2D eigenvalue weighted by Gasteiger charge is -2.03. The highest BCUT2D eigenvalue weighted by Gasteiger charge is 2.18. The monoisotopic (exact) mass is 322 g/mol. The van der Waals surface area contributed by atoms with Crippen LogP contribution in [0.3, 0.4) is 0 Å². The van der Waals surface area contributed by atoms with Crippen molar-refractivity contribution in [2.24, 2.45) is 0 Å². The number of thioether (sulfide) groups is 1. The van der Waals surface area contributed by atoms with Crippen LogP contribution in [0.15, 0.2) is 24.0 Å². The Morgan fingerprint density at radius 2 is 2.24 bits per heavy atom. The molecule has 112 valence electrons. The zero-order chi connectivity index (χ0) is 15.2. The van der Waals surface area contributed by atoms with Gasteiger partial charge in [-0.05, 0) is 37.5 Å². The van der Waals surface area contributed by atoms with Crippen LogP contribution in [0.4, 0.5) is 0 Å². The number of allylic oxidation sites excluding steroid dienone is 1. The number of unbranched alkanes of at least 4 members (excludes halogenated alkanes) is 3. The normalized spacial score (nSPS) is 10.9. The molecule has 0 aromatic carbocycles. The Balaban J connectivity index is 2.09. The summed E-state index contributed by atoms with van der Waals surface area (Å²) in [5, 5.41) is 11.0. The molecule has 0 fully saturated rings. The van der Waals surface area contributed by atoms with Crippen molar-refractivity contribution in [3.05, 3.63) is 29.4 Å². The number of fused-ring (bicyclic) bond motifs is 1. The second-order valence-electron chi connectivity index (χ2n) is 4.71. The Hall–Kier alpha value is -1.40. The number of thiophene rings is 1. The summed E-state index contributed by atoms with van der Waals surface area (Å²) >= 11 is 2.91. The molecule has 0 aliphatic carbocycles. The van der Waals surface area contributed by atoms with Crippen LogP contribution in [0.2, 0.25) is 0 Å². The maximum absolute atomic E-state index is 11.2. The van der Waals surface area contributed by atoms with Gasteiger partial charge in [0.15, 0.2) is 0 Å². The minimum Gasteiger partial charge on any atom is -0.477 e. The molecule has 0 radical (unpaired) electrons. The Kier molecular flexibility index (Phi) is 5.76. The second kappa shape index (κ2) is 7.56. The van der Waals surface area contributed by atoms with E-state index in [0.717, 1.165) is 39.4 Å². The van der Waals surface area contributed by atoms with Crippen LogP contribution < -0.4 is 0 Å². The SMILES string of the molecule is C=CCCCCCSc1ncnc2sc(C(=O)O)c(C)c12. The number of nitrogens with zero attached hydrogens (tertiary/aromatic N) is 2. The molecular weight excluding hydrogens is 304 g/mol. The average Bonchev–Trinajstić information content (AvgIpc) is 2.81. The number of carboxylic acid groups (broad SMARTS) is 1. The molecule has 0 aliphatic rings. The lowest BCUT2D eigenvalue weighted by Crippen LogP contribution is -1.94. The molecule has 0 bridgehead atoms. The fourth-order valence-corrected chi connectivity index (χ4v) is 4.20. The van der Waals surface area contributed by atoms with Gasteiger partial charge in [0.05, 0.1) is 0 Å². The first kappa shape index (κ1) is 16.0. The molecule has 0 spiro atoms. The van der Waals surface area contributed by atoms with Gasteiger partial charge < -0.3 is 5.11 Å². The first-order valence-electron chi connectivity index (χ1n) is 6.86. The van der Waals surface area contributed by atoms with Gasteiger partial charge in [-0.25, -0.2) is 14.8 Å². The van der Waals surface area contributed by atoms with Gasteiger partial charge in [-0.3, -0.25) is 0 Å². The number of hydrogen-bond acceptors (Lipinski definition) is 5. The quantitative estimate of drug-likeness (QED) is 0.335. The number of hydrogen-bond donors (Lipinski definition) is 1. The maximum atomic E-state index is 11.2. The molecular formula is C15H18N2O2S2. The molecule has 2 heterocycles. The summed E-state index contributed by atoms with van der Waals surface area (Å²) < 4.78 is 0. The van der Waals surface area contributed by atoms with Crippen molar-refractivity contribution in [2.75, 3.05) is 5.75 Å². The van der Waals surface area contributed by atoms with Gasteiger partial charge in [-0.2, -0.15) is 0 Å². The van der Waals surface area contributed by atoms with E-state index in [1.807, 2.05) is 13.0 Å². The molecule has 2 rings (SSSR count). The molecule has 2 aromatic heterocycles. The summed E-state index contributed by atoms with van der Waals surface area (Å²) in [7, 11) is 0. The largest absolute Gasteiger partial charge is 0.477 e. The van der Waals surface area contributed by atoms with Crippen LogP contribution in [0.5, 0.6) is 0 Å². The van der Waals surface area contributed by atoms with Gasteiger partial charge >= 0.3 is 5.97 Å². The summed E-state index contributed by atoms with van der Waals surface area (Å²) in [4.78, 5) is 20.8. The predicted molar refractivity (Wildman–Crippen MR) is 88.5 cm³/mol. The van der Waals surface area contributed by atoms with E-state index in [4.69, 9.17) is 0 Å². The third-order valence-corrected chi connectivity index (χ3v) is 5.44. The van der Waals surface area contributed by atoms with Crippen molar-refractivity contribution in [3.63, 3.8) is 0 Å². The number of carboxylic acids is 1. The molecule has 21 heavy (non-hydrogen) atoms. The highest BCUT2D eigenvalue weighted by atomic mass is 32.2. The Morgan fingerprint density at radius 3 is 2.95 bits per heavy atom. The molecule has 0 amide bonds. The fourth-order valence-electron chi connectivity index (χ4n) is 2.09. The molecule has 2 aromatic rings. The van der Waals surface area contributed by atoms with Crippen molar-refractivity contribution in [3.8, 4) is 0 Å². The van der Waals surface area contributed by atoms with Crippen molar-refractivity contribution < 1.29 is 9.90 Å². The van der Waals surface area contributed by atoms with Crippen molar-refractivity contribution in [1.82, 2.24) is 9.97 Å². The second-order valence-corrected chi connectivity index (χ2v) is 6.79. The van der Waals surface area contributed by atoms with Crippen LogP contribution in [-0.4, -0.2) is 26.8 Å². The van der Waals surface area contributed by atoms with Gasteiger partial charge in [0, 0.05) is 5.39 Å². The maximum Gasteiger partial charge on any atom is 0.346 e. The lowest BCUT2D eigenvalue weighted by atomic mass is 10.2. The Bertz CT molecular complexity index is 652. The summed E-state index contributed by atoms with van der Waals surface area (Å²) in [6.07, 6.45) is 8.00. The third-order valence-electron chi connectivity index (χ3n) is 3.18. The Morgan fingerprint density at radius 1 is 1.43 bits per heavy atom. The van der Waals surface area contributed by atoms with E-state index in [1.54, 1.807) is 11.8 Å². The van der Waals surface area contributed by atoms with Crippen LogP contribution in [0, 0.1) is 6.92 Å². The van der Waals surface area contributed by atoms with Crippen molar-refractivity contribution >= 4 is 39.3 Å². The molecule has 0 aliphatic heterocycles. The number of carbonyl (C=O) groups is 1. The van der Waals surface area contributed by atoms with E-state index >= 15 is 0 Å². The Labute approximate surface area is 132 Å². The van der Waals surface area contributed by atoms with Gasteiger partial charge in [-0.15, -0.1) is 29.7 Å². The molecule has 0 saturated heterocycles.